The summed E-state index contributed by atoms with van der Waals surface area (Å²) in [4.78, 5) is 13.2. The van der Waals surface area contributed by atoms with Crippen LogP contribution >= 0.6 is 15.9 Å². The lowest BCUT2D eigenvalue weighted by atomic mass is 10.1. The van der Waals surface area contributed by atoms with Gasteiger partial charge in [0.15, 0.2) is 6.54 Å². The van der Waals surface area contributed by atoms with Crippen molar-refractivity contribution in [3.8, 4) is 5.75 Å². The third kappa shape index (κ3) is 5.37. The number of anilines is 1. The number of quaternary nitrogens is 1. The summed E-state index contributed by atoms with van der Waals surface area (Å²) in [6.07, 6.45) is 0. The van der Waals surface area contributed by atoms with Gasteiger partial charge in [-0.1, -0.05) is 27.6 Å². The number of nitrogens with one attached hydrogen (secondary N) is 2. The van der Waals surface area contributed by atoms with Gasteiger partial charge in [-0.3, -0.25) is 4.79 Å². The van der Waals surface area contributed by atoms with Crippen LogP contribution in [0.3, 0.4) is 0 Å². The van der Waals surface area contributed by atoms with Crippen LogP contribution in [0.15, 0.2) is 46.9 Å². The monoisotopic (exact) mass is 377 g/mol. The number of benzene rings is 2. The Hall–Kier alpha value is -1.85. The molecule has 2 aromatic carbocycles. The van der Waals surface area contributed by atoms with Crippen molar-refractivity contribution in [2.45, 2.75) is 13.5 Å². The minimum Gasteiger partial charge on any atom is -0.496 e. The average Bonchev–Trinajstić information content (AvgIpc) is 2.49. The normalized spacial score (nSPS) is 11.8. The molecule has 2 rings (SSSR count). The fourth-order valence-electron chi connectivity index (χ4n) is 2.45. The van der Waals surface area contributed by atoms with E-state index < -0.39 is 0 Å². The topological polar surface area (TPSA) is 42.8 Å². The average molecular weight is 378 g/mol. The number of amides is 1. The summed E-state index contributed by atoms with van der Waals surface area (Å²) in [5.74, 6) is 0.861. The second-order valence-corrected chi connectivity index (χ2v) is 6.60. The molecule has 0 aliphatic heterocycles. The summed E-state index contributed by atoms with van der Waals surface area (Å²) < 4.78 is 6.39. The predicted octanol–water partition coefficient (Wildman–Crippen LogP) is 2.42. The van der Waals surface area contributed by atoms with Gasteiger partial charge in [0, 0.05) is 15.7 Å². The lowest BCUT2D eigenvalue weighted by Gasteiger charge is -2.16. The first kappa shape index (κ1) is 17.5. The third-order valence-electron chi connectivity index (χ3n) is 3.52. The molecule has 0 aromatic heterocycles. The fraction of sp³-hybridized carbons (Fsp3) is 0.278. The largest absolute Gasteiger partial charge is 0.496 e. The lowest BCUT2D eigenvalue weighted by molar-refractivity contribution is -0.885. The van der Waals surface area contributed by atoms with Crippen molar-refractivity contribution < 1.29 is 14.4 Å². The summed E-state index contributed by atoms with van der Waals surface area (Å²) in [6.45, 7) is 3.18. The van der Waals surface area contributed by atoms with Crippen LogP contribution in [0, 0.1) is 6.92 Å². The Kier molecular flexibility index (Phi) is 6.19. The molecule has 1 amide bonds. The van der Waals surface area contributed by atoms with Crippen LogP contribution in [0.2, 0.25) is 0 Å². The maximum absolute atomic E-state index is 12.1. The van der Waals surface area contributed by atoms with E-state index in [9.17, 15) is 4.79 Å². The van der Waals surface area contributed by atoms with Gasteiger partial charge in [-0.05, 0) is 43.3 Å². The van der Waals surface area contributed by atoms with Gasteiger partial charge in [-0.2, -0.15) is 0 Å². The van der Waals surface area contributed by atoms with E-state index in [1.807, 2.05) is 43.4 Å². The molecule has 5 heteroatoms. The van der Waals surface area contributed by atoms with E-state index in [0.29, 0.717) is 6.54 Å². The molecule has 23 heavy (non-hydrogen) atoms. The maximum atomic E-state index is 12.1. The van der Waals surface area contributed by atoms with Crippen LogP contribution < -0.4 is 15.0 Å². The molecule has 0 aliphatic carbocycles. The molecule has 0 saturated carbocycles. The highest BCUT2D eigenvalue weighted by Gasteiger charge is 2.13. The number of hydrogen-bond acceptors (Lipinski definition) is 2. The van der Waals surface area contributed by atoms with Gasteiger partial charge in [-0.15, -0.1) is 0 Å². The minimum absolute atomic E-state index is 0.00329. The second kappa shape index (κ2) is 8.13. The SMILES string of the molecule is COc1ccc(C)cc1C[NH+](C)CC(=O)Nc1ccc(Br)cc1. The zero-order valence-electron chi connectivity index (χ0n) is 13.7. The number of halogens is 1. The van der Waals surface area contributed by atoms with E-state index >= 15 is 0 Å². The van der Waals surface area contributed by atoms with Crippen molar-refractivity contribution in [3.63, 3.8) is 0 Å². The molecule has 2 N–H and O–H groups in total. The molecule has 0 spiro atoms. The number of ether oxygens (including phenoxy) is 1. The summed E-state index contributed by atoms with van der Waals surface area (Å²) in [6, 6.07) is 13.7. The van der Waals surface area contributed by atoms with Crippen LogP contribution in [-0.4, -0.2) is 26.6 Å². The van der Waals surface area contributed by atoms with E-state index in [-0.39, 0.29) is 5.91 Å². The third-order valence-corrected chi connectivity index (χ3v) is 4.05. The van der Waals surface area contributed by atoms with E-state index in [1.54, 1.807) is 7.11 Å². The molecule has 1 atom stereocenters. The molecule has 0 heterocycles. The van der Waals surface area contributed by atoms with Gasteiger partial charge >= 0.3 is 0 Å². The lowest BCUT2D eigenvalue weighted by Crippen LogP contribution is -3.08. The molecule has 2 aromatic rings. The highest BCUT2D eigenvalue weighted by Crippen LogP contribution is 2.18. The molecule has 0 radical (unpaired) electrons. The Morgan fingerprint density at radius 3 is 2.57 bits per heavy atom. The fourth-order valence-corrected chi connectivity index (χ4v) is 2.71. The van der Waals surface area contributed by atoms with Crippen LogP contribution in [0.4, 0.5) is 5.69 Å². The van der Waals surface area contributed by atoms with Crippen molar-refractivity contribution in [2.24, 2.45) is 0 Å². The number of carbonyl (C=O) groups is 1. The molecule has 0 saturated heterocycles. The number of likely N-dealkylation sites (N-methyl/N-ethyl adjacent to an activating group) is 1. The molecular weight excluding hydrogens is 356 g/mol. The highest BCUT2D eigenvalue weighted by atomic mass is 79.9. The van der Waals surface area contributed by atoms with Crippen molar-refractivity contribution >= 4 is 27.5 Å². The van der Waals surface area contributed by atoms with Gasteiger partial charge in [0.25, 0.3) is 5.91 Å². The van der Waals surface area contributed by atoms with Gasteiger partial charge in [0.1, 0.15) is 12.3 Å². The number of hydrogen-bond donors (Lipinski definition) is 2. The second-order valence-electron chi connectivity index (χ2n) is 5.68. The van der Waals surface area contributed by atoms with Gasteiger partial charge in [0.05, 0.1) is 14.2 Å². The van der Waals surface area contributed by atoms with Gasteiger partial charge in [0.2, 0.25) is 0 Å². The van der Waals surface area contributed by atoms with Gasteiger partial charge < -0.3 is 15.0 Å². The summed E-state index contributed by atoms with van der Waals surface area (Å²) in [5, 5.41) is 2.91. The minimum atomic E-state index is -0.00329. The first-order chi connectivity index (χ1) is 11.0. The Labute approximate surface area is 145 Å². The zero-order valence-corrected chi connectivity index (χ0v) is 15.2. The predicted molar refractivity (Wildman–Crippen MR) is 96.0 cm³/mol. The first-order valence-electron chi connectivity index (χ1n) is 7.48. The van der Waals surface area contributed by atoms with Crippen molar-refractivity contribution in [2.75, 3.05) is 26.0 Å². The molecule has 0 fully saturated rings. The first-order valence-corrected chi connectivity index (χ1v) is 8.27. The zero-order chi connectivity index (χ0) is 16.8. The molecule has 122 valence electrons. The summed E-state index contributed by atoms with van der Waals surface area (Å²) in [7, 11) is 3.67. The molecule has 0 bridgehead atoms. The summed E-state index contributed by atoms with van der Waals surface area (Å²) in [5.41, 5.74) is 3.11. The Morgan fingerprint density at radius 2 is 1.91 bits per heavy atom. The van der Waals surface area contributed by atoms with E-state index in [0.717, 1.165) is 32.9 Å². The quantitative estimate of drug-likeness (QED) is 0.811. The Bertz CT molecular complexity index is 671. The number of methoxy groups -OCH3 is 1. The van der Waals surface area contributed by atoms with Crippen LogP contribution in [0.1, 0.15) is 11.1 Å². The summed E-state index contributed by atoms with van der Waals surface area (Å²) >= 11 is 3.38. The molecular formula is C18H22BrN2O2+. The smallest absolute Gasteiger partial charge is 0.279 e. The van der Waals surface area contributed by atoms with Crippen LogP contribution in [-0.2, 0) is 11.3 Å². The van der Waals surface area contributed by atoms with E-state index in [2.05, 4.69) is 34.2 Å². The van der Waals surface area contributed by atoms with E-state index in [1.165, 1.54) is 5.56 Å². The maximum Gasteiger partial charge on any atom is 0.279 e. The number of aryl methyl sites for hydroxylation is 1. The standard InChI is InChI=1S/C18H21BrN2O2/c1-13-4-9-17(23-3)14(10-13)11-21(2)12-18(22)20-16-7-5-15(19)6-8-16/h4-10H,11-12H2,1-3H3,(H,20,22)/p+1. The van der Waals surface area contributed by atoms with E-state index in [4.69, 9.17) is 4.74 Å². The van der Waals surface area contributed by atoms with Crippen LogP contribution in [0.25, 0.3) is 0 Å². The van der Waals surface area contributed by atoms with Crippen molar-refractivity contribution in [1.29, 1.82) is 0 Å². The highest BCUT2D eigenvalue weighted by molar-refractivity contribution is 9.10. The van der Waals surface area contributed by atoms with Crippen molar-refractivity contribution in [3.05, 3.63) is 58.1 Å². The molecule has 1 unspecified atom stereocenters. The van der Waals surface area contributed by atoms with Crippen LogP contribution in [0.5, 0.6) is 5.75 Å². The molecule has 4 nitrogen and oxygen atoms in total. The Morgan fingerprint density at radius 1 is 1.22 bits per heavy atom. The number of rotatable bonds is 6. The molecule has 0 aliphatic rings. The van der Waals surface area contributed by atoms with Gasteiger partial charge in [-0.25, -0.2) is 0 Å². The Balaban J connectivity index is 1.93. The van der Waals surface area contributed by atoms with Crippen molar-refractivity contribution in [1.82, 2.24) is 0 Å². The number of carbonyl (C=O) groups excluding carboxylic acids is 1.